The molecule has 1 unspecified atom stereocenters. The van der Waals surface area contributed by atoms with Gasteiger partial charge in [0.2, 0.25) is 5.89 Å². The van der Waals surface area contributed by atoms with Gasteiger partial charge in [-0.1, -0.05) is 12.1 Å². The molecule has 0 saturated carbocycles. The fraction of sp³-hybridized carbons (Fsp3) is 0.350. The van der Waals surface area contributed by atoms with Crippen LogP contribution in [0, 0.1) is 0 Å². The summed E-state index contributed by atoms with van der Waals surface area (Å²) in [4.78, 5) is 8.22. The first kappa shape index (κ1) is 15.9. The number of nitrogens with zero attached hydrogens (tertiary/aromatic N) is 2. The number of aromatic nitrogens is 1. The SMILES string of the molecule is c1csc(-c2nc(CN3CCCC3c3ccc4c(c3)OCCO4)co2)c1. The Balaban J connectivity index is 1.34. The third kappa shape index (κ3) is 2.99. The van der Waals surface area contributed by atoms with Crippen molar-refractivity contribution in [1.82, 2.24) is 9.88 Å². The molecule has 0 bridgehead atoms. The Hall–Kier alpha value is -2.31. The van der Waals surface area contributed by atoms with Crippen molar-refractivity contribution >= 4 is 11.3 Å². The van der Waals surface area contributed by atoms with E-state index in [1.165, 1.54) is 12.0 Å². The van der Waals surface area contributed by atoms with Crippen LogP contribution in [0.4, 0.5) is 0 Å². The molecule has 5 nitrogen and oxygen atoms in total. The monoisotopic (exact) mass is 368 g/mol. The van der Waals surface area contributed by atoms with E-state index in [0.29, 0.717) is 25.1 Å². The second-order valence-corrected chi connectivity index (χ2v) is 7.60. The smallest absolute Gasteiger partial charge is 0.236 e. The van der Waals surface area contributed by atoms with Crippen molar-refractivity contribution < 1.29 is 13.9 Å². The quantitative estimate of drug-likeness (QED) is 0.678. The molecule has 2 aliphatic rings. The summed E-state index contributed by atoms with van der Waals surface area (Å²) in [5, 5.41) is 2.04. The first-order valence-corrected chi connectivity index (χ1v) is 9.87. The van der Waals surface area contributed by atoms with Gasteiger partial charge in [-0.3, -0.25) is 4.90 Å². The second kappa shape index (κ2) is 6.78. The van der Waals surface area contributed by atoms with E-state index in [1.54, 1.807) is 17.6 Å². The average molecular weight is 368 g/mol. The fourth-order valence-electron chi connectivity index (χ4n) is 3.76. The zero-order valence-electron chi connectivity index (χ0n) is 14.4. The summed E-state index contributed by atoms with van der Waals surface area (Å²) in [5.41, 5.74) is 2.27. The van der Waals surface area contributed by atoms with E-state index in [9.17, 15) is 0 Å². The van der Waals surface area contributed by atoms with Gasteiger partial charge in [0.25, 0.3) is 0 Å². The van der Waals surface area contributed by atoms with Gasteiger partial charge in [0.1, 0.15) is 19.5 Å². The Labute approximate surface area is 156 Å². The van der Waals surface area contributed by atoms with Gasteiger partial charge in [-0.2, -0.15) is 0 Å². The number of rotatable bonds is 4. The van der Waals surface area contributed by atoms with Crippen LogP contribution in [0.2, 0.25) is 0 Å². The molecule has 0 N–H and O–H groups in total. The standard InChI is InChI=1S/C20H20N2O3S/c1-3-16(14-5-6-17-18(11-14)24-9-8-23-17)22(7-1)12-15-13-25-20(21-15)19-4-2-10-26-19/h2,4-6,10-11,13,16H,1,3,7-9,12H2. The molecule has 134 valence electrons. The number of hydrogen-bond acceptors (Lipinski definition) is 6. The van der Waals surface area contributed by atoms with Gasteiger partial charge in [-0.15, -0.1) is 11.3 Å². The van der Waals surface area contributed by atoms with Crippen LogP contribution in [0.1, 0.15) is 30.1 Å². The topological polar surface area (TPSA) is 47.7 Å². The van der Waals surface area contributed by atoms with Crippen LogP contribution in [0.15, 0.2) is 46.4 Å². The van der Waals surface area contributed by atoms with Gasteiger partial charge < -0.3 is 13.9 Å². The number of fused-ring (bicyclic) bond motifs is 1. The molecule has 1 fully saturated rings. The normalized spacial score (nSPS) is 19.8. The lowest BCUT2D eigenvalue weighted by atomic mass is 10.0. The van der Waals surface area contributed by atoms with Crippen molar-refractivity contribution in [1.29, 1.82) is 0 Å². The van der Waals surface area contributed by atoms with Gasteiger partial charge >= 0.3 is 0 Å². The zero-order valence-corrected chi connectivity index (χ0v) is 15.2. The molecule has 2 aromatic heterocycles. The van der Waals surface area contributed by atoms with E-state index in [1.807, 2.05) is 23.6 Å². The lowest BCUT2D eigenvalue weighted by Gasteiger charge is -2.25. The minimum atomic E-state index is 0.382. The Kier molecular flexibility index (Phi) is 4.15. The highest BCUT2D eigenvalue weighted by Crippen LogP contribution is 2.38. The number of likely N-dealkylation sites (tertiary alicyclic amines) is 1. The van der Waals surface area contributed by atoms with Crippen LogP contribution in [0.5, 0.6) is 11.5 Å². The van der Waals surface area contributed by atoms with Crippen LogP contribution in [-0.2, 0) is 6.54 Å². The summed E-state index contributed by atoms with van der Waals surface area (Å²) in [6.07, 6.45) is 4.12. The van der Waals surface area contributed by atoms with E-state index in [-0.39, 0.29) is 0 Å². The minimum Gasteiger partial charge on any atom is -0.486 e. The number of hydrogen-bond donors (Lipinski definition) is 0. The molecule has 4 heterocycles. The highest BCUT2D eigenvalue weighted by Gasteiger charge is 2.28. The zero-order chi connectivity index (χ0) is 17.3. The third-order valence-corrected chi connectivity index (χ3v) is 5.82. The number of ether oxygens (including phenoxy) is 2. The highest BCUT2D eigenvalue weighted by atomic mass is 32.1. The first-order valence-electron chi connectivity index (χ1n) is 8.99. The Morgan fingerprint density at radius 2 is 2.08 bits per heavy atom. The molecular weight excluding hydrogens is 348 g/mol. The summed E-state index contributed by atoms with van der Waals surface area (Å²) < 4.78 is 17.1. The van der Waals surface area contributed by atoms with Gasteiger partial charge in [-0.05, 0) is 48.5 Å². The van der Waals surface area contributed by atoms with E-state index in [4.69, 9.17) is 13.9 Å². The van der Waals surface area contributed by atoms with Crippen LogP contribution in [0.3, 0.4) is 0 Å². The summed E-state index contributed by atoms with van der Waals surface area (Å²) >= 11 is 1.65. The average Bonchev–Trinajstić information content (AvgIpc) is 3.43. The van der Waals surface area contributed by atoms with E-state index in [2.05, 4.69) is 22.0 Å². The van der Waals surface area contributed by atoms with Crippen molar-refractivity contribution in [3.05, 3.63) is 53.2 Å². The summed E-state index contributed by atoms with van der Waals surface area (Å²) in [6.45, 7) is 3.12. The van der Waals surface area contributed by atoms with Crippen molar-refractivity contribution in [2.75, 3.05) is 19.8 Å². The molecule has 0 aliphatic carbocycles. The van der Waals surface area contributed by atoms with Crippen molar-refractivity contribution in [3.8, 4) is 22.3 Å². The Bertz CT molecular complexity index is 890. The predicted octanol–water partition coefficient (Wildman–Crippen LogP) is 4.51. The molecule has 1 saturated heterocycles. The van der Waals surface area contributed by atoms with Crippen molar-refractivity contribution in [2.45, 2.75) is 25.4 Å². The third-order valence-electron chi connectivity index (χ3n) is 4.96. The number of thiophene rings is 1. The Morgan fingerprint density at radius 1 is 1.15 bits per heavy atom. The summed E-state index contributed by atoms with van der Waals surface area (Å²) in [7, 11) is 0. The fourth-order valence-corrected chi connectivity index (χ4v) is 4.42. The summed E-state index contributed by atoms with van der Waals surface area (Å²) in [6, 6.07) is 10.8. The Morgan fingerprint density at radius 3 is 2.96 bits per heavy atom. The minimum absolute atomic E-state index is 0.382. The van der Waals surface area contributed by atoms with Crippen molar-refractivity contribution in [3.63, 3.8) is 0 Å². The first-order chi connectivity index (χ1) is 12.9. The molecule has 6 heteroatoms. The molecule has 26 heavy (non-hydrogen) atoms. The van der Waals surface area contributed by atoms with Gasteiger partial charge in [0.05, 0.1) is 10.6 Å². The molecule has 1 aromatic carbocycles. The maximum absolute atomic E-state index is 5.75. The van der Waals surface area contributed by atoms with Crippen LogP contribution in [-0.4, -0.2) is 29.6 Å². The number of benzene rings is 1. The molecule has 2 aliphatic heterocycles. The summed E-state index contributed by atoms with van der Waals surface area (Å²) in [5.74, 6) is 2.42. The molecule has 3 aromatic rings. The molecule has 0 amide bonds. The van der Waals surface area contributed by atoms with Crippen LogP contribution < -0.4 is 9.47 Å². The molecule has 5 rings (SSSR count). The van der Waals surface area contributed by atoms with E-state index in [0.717, 1.165) is 41.6 Å². The van der Waals surface area contributed by atoms with E-state index >= 15 is 0 Å². The van der Waals surface area contributed by atoms with Gasteiger partial charge in [-0.25, -0.2) is 4.98 Å². The van der Waals surface area contributed by atoms with E-state index < -0.39 is 0 Å². The molecular formula is C20H20N2O3S. The number of oxazole rings is 1. The largest absolute Gasteiger partial charge is 0.486 e. The molecule has 0 spiro atoms. The highest BCUT2D eigenvalue weighted by molar-refractivity contribution is 7.13. The maximum atomic E-state index is 5.75. The molecule has 0 radical (unpaired) electrons. The van der Waals surface area contributed by atoms with Gasteiger partial charge in [0.15, 0.2) is 11.5 Å². The van der Waals surface area contributed by atoms with Crippen LogP contribution in [0.25, 0.3) is 10.8 Å². The van der Waals surface area contributed by atoms with Crippen molar-refractivity contribution in [2.24, 2.45) is 0 Å². The second-order valence-electron chi connectivity index (χ2n) is 6.65. The lowest BCUT2D eigenvalue weighted by molar-refractivity contribution is 0.170. The lowest BCUT2D eigenvalue weighted by Crippen LogP contribution is -2.23. The molecule has 1 atom stereocenters. The predicted molar refractivity (Wildman–Crippen MR) is 99.6 cm³/mol. The maximum Gasteiger partial charge on any atom is 0.236 e. The van der Waals surface area contributed by atoms with Crippen LogP contribution >= 0.6 is 11.3 Å². The van der Waals surface area contributed by atoms with Gasteiger partial charge in [0, 0.05) is 12.6 Å².